The van der Waals surface area contributed by atoms with Gasteiger partial charge in [-0.15, -0.1) is 0 Å². The van der Waals surface area contributed by atoms with E-state index < -0.39 is 67.6 Å². The minimum Gasteiger partial charge on any atom is -0.481 e. The van der Waals surface area contributed by atoms with Gasteiger partial charge in [0.2, 0.25) is 11.8 Å². The number of hydrogen-bond donors (Lipinski definition) is 9. The molecular formula is C32H46N7O9P. The first-order chi connectivity index (χ1) is 23.1. The van der Waals surface area contributed by atoms with Crippen molar-refractivity contribution in [3.8, 4) is 0 Å². The number of carboxylic acids is 3. The molecule has 1 aliphatic rings. The first-order valence-electron chi connectivity index (χ1n) is 15.7. The van der Waals surface area contributed by atoms with Gasteiger partial charge in [0, 0.05) is 25.4 Å². The Kier molecular flexibility index (Phi) is 16.4. The maximum Gasteiger partial charge on any atom is 0.326 e. The summed E-state index contributed by atoms with van der Waals surface area (Å²) >= 11 is 0. The zero-order valence-electron chi connectivity index (χ0n) is 27.3. The Morgan fingerprint density at radius 1 is 0.959 bits per heavy atom. The Labute approximate surface area is 284 Å². The highest BCUT2D eigenvalue weighted by Crippen LogP contribution is 2.49. The van der Waals surface area contributed by atoms with Crippen molar-refractivity contribution in [1.29, 1.82) is 5.41 Å². The van der Waals surface area contributed by atoms with Gasteiger partial charge in [0.25, 0.3) is 0 Å². The normalized spacial score (nSPS) is 15.9. The van der Waals surface area contributed by atoms with E-state index in [-0.39, 0.29) is 24.8 Å². The minimum absolute atomic E-state index is 0.112. The Morgan fingerprint density at radius 3 is 1.98 bits per heavy atom. The second-order valence-electron chi connectivity index (χ2n) is 11.6. The molecule has 2 amide bonds. The van der Waals surface area contributed by atoms with Crippen LogP contribution in [0.4, 0.5) is 0 Å². The quantitative estimate of drug-likeness (QED) is 0.0487. The van der Waals surface area contributed by atoms with Crippen molar-refractivity contribution in [2.45, 2.75) is 75.5 Å². The summed E-state index contributed by atoms with van der Waals surface area (Å²) in [5, 5.41) is 41.2. The van der Waals surface area contributed by atoms with Gasteiger partial charge in [0.1, 0.15) is 18.1 Å². The van der Waals surface area contributed by atoms with E-state index in [9.17, 15) is 33.6 Å². The van der Waals surface area contributed by atoms with Crippen molar-refractivity contribution in [2.24, 2.45) is 11.5 Å². The molecule has 0 saturated carbocycles. The zero-order chi connectivity index (χ0) is 36.6. The molecule has 4 atom stereocenters. The smallest absolute Gasteiger partial charge is 0.326 e. The Balaban J connectivity index is 0.000000591. The molecule has 0 bridgehead atoms. The second-order valence-corrected chi connectivity index (χ2v) is 14.3. The van der Waals surface area contributed by atoms with E-state index in [1.54, 1.807) is 6.92 Å². The number of carbonyl (C=O) groups excluding carboxylic acids is 2. The molecule has 11 N–H and O–H groups in total. The van der Waals surface area contributed by atoms with E-state index in [0.29, 0.717) is 32.2 Å². The van der Waals surface area contributed by atoms with E-state index in [2.05, 4.69) is 15.7 Å². The van der Waals surface area contributed by atoms with Crippen LogP contribution in [0.3, 0.4) is 0 Å². The summed E-state index contributed by atoms with van der Waals surface area (Å²) in [4.78, 5) is 60.1. The molecule has 0 unspecified atom stereocenters. The summed E-state index contributed by atoms with van der Waals surface area (Å²) in [5.74, 6) is -5.09. The molecular weight excluding hydrogens is 657 g/mol. The summed E-state index contributed by atoms with van der Waals surface area (Å²) in [7, 11) is -3.15. The maximum atomic E-state index is 14.1. The highest BCUT2D eigenvalue weighted by atomic mass is 31.2. The lowest BCUT2D eigenvalue weighted by Crippen LogP contribution is -2.54. The van der Waals surface area contributed by atoms with E-state index in [0.717, 1.165) is 11.1 Å². The van der Waals surface area contributed by atoms with Crippen LogP contribution in [-0.4, -0.2) is 93.2 Å². The van der Waals surface area contributed by atoms with Crippen LogP contribution in [0.2, 0.25) is 0 Å². The average Bonchev–Trinajstić information content (AvgIpc) is 3.53. The highest BCUT2D eigenvalue weighted by molar-refractivity contribution is 7.60. The number of nitrogens with two attached hydrogens (primary N) is 2. The molecule has 0 aromatic heterocycles. The Bertz CT molecular complexity index is 1430. The van der Waals surface area contributed by atoms with Crippen LogP contribution in [0.1, 0.15) is 50.2 Å². The predicted molar refractivity (Wildman–Crippen MR) is 182 cm³/mol. The molecule has 2 aromatic rings. The summed E-state index contributed by atoms with van der Waals surface area (Å²) in [6, 6.07) is 14.5. The number of carboxylic acid groups (broad SMARTS) is 3. The molecule has 49 heavy (non-hydrogen) atoms. The molecule has 16 nitrogen and oxygen atoms in total. The number of amides is 2. The topological polar surface area (TPSA) is 278 Å². The third-order valence-corrected chi connectivity index (χ3v) is 10.1. The van der Waals surface area contributed by atoms with Gasteiger partial charge in [0.15, 0.2) is 13.3 Å². The van der Waals surface area contributed by atoms with Crippen molar-refractivity contribution in [3.63, 3.8) is 0 Å². The van der Waals surface area contributed by atoms with Crippen molar-refractivity contribution < 1.29 is 43.9 Å². The number of aliphatic carboxylic acids is 3. The molecule has 1 heterocycles. The van der Waals surface area contributed by atoms with E-state index in [1.165, 1.54) is 4.90 Å². The van der Waals surface area contributed by atoms with Crippen molar-refractivity contribution >= 4 is 43.0 Å². The van der Waals surface area contributed by atoms with E-state index >= 15 is 0 Å². The lowest BCUT2D eigenvalue weighted by atomic mass is 10.1. The number of likely N-dealkylation sites (tertiary alicyclic amines) is 1. The van der Waals surface area contributed by atoms with Crippen molar-refractivity contribution in [2.75, 3.05) is 13.1 Å². The molecule has 1 saturated heterocycles. The fourth-order valence-electron chi connectivity index (χ4n) is 5.17. The van der Waals surface area contributed by atoms with Crippen LogP contribution in [0.15, 0.2) is 60.7 Å². The van der Waals surface area contributed by atoms with Crippen LogP contribution >= 0.6 is 7.29 Å². The Morgan fingerprint density at radius 2 is 1.51 bits per heavy atom. The molecule has 268 valence electrons. The highest BCUT2D eigenvalue weighted by Gasteiger charge is 2.39. The predicted octanol–water partition coefficient (Wildman–Crippen LogP) is 1.34. The van der Waals surface area contributed by atoms with Crippen molar-refractivity contribution in [1.82, 2.24) is 20.6 Å². The second kappa shape index (κ2) is 19.9. The number of hydrogen-bond acceptors (Lipinski definition) is 8. The lowest BCUT2D eigenvalue weighted by molar-refractivity contribution is -0.148. The SMILES string of the molecule is C[C@H](NP(=O)(Cc1ccccc1)Cc1ccccc1)C(=O)N1CCC[C@H]1C(=O)N[C@@H](CC(=O)O)C(=O)O.N=C(N)NCCC[C@H](N)C(=O)O. The summed E-state index contributed by atoms with van der Waals surface area (Å²) in [6.07, 6.45) is 1.51. The average molecular weight is 704 g/mol. The lowest BCUT2D eigenvalue weighted by Gasteiger charge is -2.30. The van der Waals surface area contributed by atoms with Gasteiger partial charge in [-0.1, -0.05) is 60.7 Å². The first-order valence-corrected chi connectivity index (χ1v) is 17.7. The third-order valence-electron chi connectivity index (χ3n) is 7.52. The van der Waals surface area contributed by atoms with Crippen LogP contribution < -0.4 is 27.2 Å². The summed E-state index contributed by atoms with van der Waals surface area (Å²) in [5.41, 5.74) is 11.9. The number of carbonyl (C=O) groups is 5. The molecule has 2 aromatic carbocycles. The standard InChI is InChI=1S/C26H32N3O7P.C6H14N4O2/c1-18(25(33)29-14-8-13-22(29)24(32)27-21(26(34)35)15-23(30)31)28-37(36,16-19-9-4-2-5-10-19)17-20-11-6-3-7-12-20;7-4(5(11)12)2-1-3-10-6(8)9/h2-7,9-12,18,21-22H,8,13-17H2,1H3,(H,27,32)(H,28,36)(H,30,31)(H,34,35);4H,1-3,7H2,(H,11,12)(H4,8,9,10)/t18-,21-,22-;4-/m00/s1. The van der Waals surface area contributed by atoms with E-state index in [1.807, 2.05) is 60.7 Å². The minimum atomic E-state index is -3.15. The molecule has 17 heteroatoms. The van der Waals surface area contributed by atoms with Gasteiger partial charge in [-0.2, -0.15) is 0 Å². The van der Waals surface area contributed by atoms with Gasteiger partial charge in [0.05, 0.1) is 12.5 Å². The monoisotopic (exact) mass is 703 g/mol. The first kappa shape index (κ1) is 40.4. The number of guanidine groups is 1. The Hall–Kier alpha value is -4.79. The van der Waals surface area contributed by atoms with Gasteiger partial charge in [-0.3, -0.25) is 29.7 Å². The van der Waals surface area contributed by atoms with Gasteiger partial charge in [-0.25, -0.2) is 4.79 Å². The molecule has 0 radical (unpaired) electrons. The van der Waals surface area contributed by atoms with Crippen LogP contribution in [0.5, 0.6) is 0 Å². The van der Waals surface area contributed by atoms with Gasteiger partial charge < -0.3 is 46.9 Å². The van der Waals surface area contributed by atoms with Crippen LogP contribution in [0, 0.1) is 5.41 Å². The molecule has 3 rings (SSSR count). The van der Waals surface area contributed by atoms with Gasteiger partial charge in [-0.05, 0) is 43.7 Å². The van der Waals surface area contributed by atoms with Gasteiger partial charge >= 0.3 is 17.9 Å². The number of rotatable bonds is 17. The number of nitrogens with zero attached hydrogens (tertiary/aromatic N) is 1. The van der Waals surface area contributed by atoms with E-state index in [4.69, 9.17) is 27.1 Å². The summed E-state index contributed by atoms with van der Waals surface area (Å²) < 4.78 is 14.1. The molecule has 1 fully saturated rings. The van der Waals surface area contributed by atoms with Crippen LogP contribution in [-0.2, 0) is 40.9 Å². The third kappa shape index (κ3) is 14.5. The van der Waals surface area contributed by atoms with Crippen LogP contribution in [0.25, 0.3) is 0 Å². The maximum absolute atomic E-state index is 14.1. The fourth-order valence-corrected chi connectivity index (χ4v) is 7.89. The fraction of sp³-hybridized carbons (Fsp3) is 0.438. The van der Waals surface area contributed by atoms with Crippen molar-refractivity contribution in [3.05, 3.63) is 71.8 Å². The molecule has 1 aliphatic heterocycles. The zero-order valence-corrected chi connectivity index (χ0v) is 28.2. The molecule has 0 spiro atoms. The summed E-state index contributed by atoms with van der Waals surface area (Å²) in [6.45, 7) is 2.36. The number of nitrogens with one attached hydrogen (secondary N) is 4. The largest absolute Gasteiger partial charge is 0.481 e. The number of benzene rings is 2. The molecule has 0 aliphatic carbocycles.